The zero-order valence-corrected chi connectivity index (χ0v) is 9.86. The molecule has 1 aromatic rings. The summed E-state index contributed by atoms with van der Waals surface area (Å²) < 4.78 is 0. The van der Waals surface area contributed by atoms with E-state index in [1.807, 2.05) is 0 Å². The minimum absolute atomic E-state index is 0.108. The van der Waals surface area contributed by atoms with E-state index in [0.29, 0.717) is 0 Å². The maximum Gasteiger partial charge on any atom is 0.312 e. The molecule has 1 atom stereocenters. The number of nitrogens with one attached hydrogen (secondary N) is 1. The fraction of sp³-hybridized carbons (Fsp3) is 0.545. The van der Waals surface area contributed by atoms with E-state index < -0.39 is 6.03 Å². The molecular formula is C11H16N2OS. The maximum absolute atomic E-state index is 10.9. The van der Waals surface area contributed by atoms with Gasteiger partial charge in [0.25, 0.3) is 0 Å². The normalized spacial score (nSPS) is 23.2. The lowest BCUT2D eigenvalue weighted by atomic mass is 9.76. The Morgan fingerprint density at radius 2 is 2.40 bits per heavy atom. The molecule has 1 aliphatic carbocycles. The Morgan fingerprint density at radius 3 is 3.07 bits per heavy atom. The van der Waals surface area contributed by atoms with Gasteiger partial charge in [0, 0.05) is 4.88 Å². The summed E-state index contributed by atoms with van der Waals surface area (Å²) in [7, 11) is 0. The first-order valence-electron chi connectivity index (χ1n) is 5.14. The third-order valence-electron chi connectivity index (χ3n) is 3.06. The van der Waals surface area contributed by atoms with Crippen LogP contribution in [0.2, 0.25) is 0 Å². The lowest BCUT2D eigenvalue weighted by molar-refractivity contribution is 0.242. The van der Waals surface area contributed by atoms with Crippen LogP contribution in [0.15, 0.2) is 11.4 Å². The summed E-state index contributed by atoms with van der Waals surface area (Å²) in [6, 6.07) is 1.77. The molecule has 0 aromatic carbocycles. The Kier molecular flexibility index (Phi) is 2.46. The van der Waals surface area contributed by atoms with Crippen molar-refractivity contribution in [2.45, 2.75) is 38.1 Å². The van der Waals surface area contributed by atoms with Gasteiger partial charge in [-0.05, 0) is 35.3 Å². The van der Waals surface area contributed by atoms with Crippen molar-refractivity contribution in [1.82, 2.24) is 5.32 Å². The molecule has 1 aromatic heterocycles. The van der Waals surface area contributed by atoms with E-state index >= 15 is 0 Å². The number of hydrogen-bond acceptors (Lipinski definition) is 2. The molecular weight excluding hydrogens is 208 g/mol. The van der Waals surface area contributed by atoms with Gasteiger partial charge < -0.3 is 11.1 Å². The van der Waals surface area contributed by atoms with E-state index in [2.05, 4.69) is 30.6 Å². The highest BCUT2D eigenvalue weighted by Gasteiger charge is 2.33. The van der Waals surface area contributed by atoms with E-state index in [-0.39, 0.29) is 11.5 Å². The first-order valence-corrected chi connectivity index (χ1v) is 6.02. The molecule has 0 saturated carbocycles. The van der Waals surface area contributed by atoms with Crippen LogP contribution in [-0.4, -0.2) is 6.03 Å². The van der Waals surface area contributed by atoms with Gasteiger partial charge in [-0.15, -0.1) is 11.3 Å². The second kappa shape index (κ2) is 3.52. The number of primary amides is 1. The Hall–Kier alpha value is -1.03. The molecule has 4 heteroatoms. The van der Waals surface area contributed by atoms with Gasteiger partial charge in [0.1, 0.15) is 0 Å². The average Bonchev–Trinajstić information content (AvgIpc) is 2.59. The third kappa shape index (κ3) is 1.86. The van der Waals surface area contributed by atoms with E-state index in [0.717, 1.165) is 12.8 Å². The van der Waals surface area contributed by atoms with Crippen molar-refractivity contribution in [2.75, 3.05) is 0 Å². The van der Waals surface area contributed by atoms with Gasteiger partial charge in [0.05, 0.1) is 6.04 Å². The van der Waals surface area contributed by atoms with Crippen molar-refractivity contribution in [3.8, 4) is 0 Å². The number of amides is 2. The SMILES string of the molecule is CC1(C)CCC(NC(N)=O)c2ccsc21. The van der Waals surface area contributed by atoms with Crippen molar-refractivity contribution >= 4 is 17.4 Å². The fourth-order valence-electron chi connectivity index (χ4n) is 2.24. The lowest BCUT2D eigenvalue weighted by Crippen LogP contribution is -2.37. The van der Waals surface area contributed by atoms with Gasteiger partial charge in [-0.25, -0.2) is 4.79 Å². The quantitative estimate of drug-likeness (QED) is 0.756. The molecule has 1 heterocycles. The summed E-state index contributed by atoms with van der Waals surface area (Å²) in [6.45, 7) is 4.51. The van der Waals surface area contributed by atoms with E-state index in [4.69, 9.17) is 5.73 Å². The number of carbonyl (C=O) groups excluding carboxylic acids is 1. The minimum Gasteiger partial charge on any atom is -0.352 e. The number of nitrogens with two attached hydrogens (primary N) is 1. The zero-order valence-electron chi connectivity index (χ0n) is 9.04. The molecule has 0 saturated heterocycles. The highest BCUT2D eigenvalue weighted by Crippen LogP contribution is 2.44. The van der Waals surface area contributed by atoms with Crippen molar-refractivity contribution in [1.29, 1.82) is 0 Å². The molecule has 1 aliphatic rings. The van der Waals surface area contributed by atoms with E-state index in [1.165, 1.54) is 10.4 Å². The van der Waals surface area contributed by atoms with Crippen LogP contribution in [0.3, 0.4) is 0 Å². The zero-order chi connectivity index (χ0) is 11.1. The smallest absolute Gasteiger partial charge is 0.312 e. The van der Waals surface area contributed by atoms with Crippen LogP contribution in [0.1, 0.15) is 43.2 Å². The second-order valence-corrected chi connectivity index (χ2v) is 5.60. The summed E-state index contributed by atoms with van der Waals surface area (Å²) in [5.74, 6) is 0. The average molecular weight is 224 g/mol. The largest absolute Gasteiger partial charge is 0.352 e. The Morgan fingerprint density at radius 1 is 1.67 bits per heavy atom. The number of carbonyl (C=O) groups is 1. The molecule has 2 amide bonds. The van der Waals surface area contributed by atoms with Gasteiger partial charge >= 0.3 is 6.03 Å². The van der Waals surface area contributed by atoms with Crippen LogP contribution in [0.5, 0.6) is 0 Å². The topological polar surface area (TPSA) is 55.1 Å². The molecule has 82 valence electrons. The van der Waals surface area contributed by atoms with Crippen molar-refractivity contribution in [2.24, 2.45) is 5.73 Å². The highest BCUT2D eigenvalue weighted by atomic mass is 32.1. The number of urea groups is 1. The molecule has 1 unspecified atom stereocenters. The predicted molar refractivity (Wildman–Crippen MR) is 62.0 cm³/mol. The summed E-state index contributed by atoms with van der Waals surface area (Å²) in [5, 5.41) is 4.90. The number of fused-ring (bicyclic) bond motifs is 1. The molecule has 0 bridgehead atoms. The molecule has 0 fully saturated rings. The van der Waals surface area contributed by atoms with Crippen molar-refractivity contribution in [3.05, 3.63) is 21.9 Å². The van der Waals surface area contributed by atoms with Gasteiger partial charge in [-0.3, -0.25) is 0 Å². The first-order chi connectivity index (χ1) is 7.00. The summed E-state index contributed by atoms with van der Waals surface area (Å²) in [4.78, 5) is 12.3. The van der Waals surface area contributed by atoms with Gasteiger partial charge in [0.15, 0.2) is 0 Å². The third-order valence-corrected chi connectivity index (χ3v) is 4.36. The molecule has 3 nitrogen and oxygen atoms in total. The first kappa shape index (κ1) is 10.5. The Balaban J connectivity index is 2.32. The van der Waals surface area contributed by atoms with Crippen LogP contribution in [0.25, 0.3) is 0 Å². The minimum atomic E-state index is -0.433. The van der Waals surface area contributed by atoms with Gasteiger partial charge in [0.2, 0.25) is 0 Å². The van der Waals surface area contributed by atoms with Crippen LogP contribution < -0.4 is 11.1 Å². The lowest BCUT2D eigenvalue weighted by Gasteiger charge is -2.34. The van der Waals surface area contributed by atoms with Crippen LogP contribution in [-0.2, 0) is 5.41 Å². The predicted octanol–water partition coefficient (Wildman–Crippen LogP) is 2.53. The Bertz CT molecular complexity index is 384. The molecule has 0 spiro atoms. The van der Waals surface area contributed by atoms with Crippen molar-refractivity contribution in [3.63, 3.8) is 0 Å². The Labute approximate surface area is 93.7 Å². The van der Waals surface area contributed by atoms with E-state index in [1.54, 1.807) is 11.3 Å². The molecule has 0 aliphatic heterocycles. The van der Waals surface area contributed by atoms with Crippen LogP contribution in [0.4, 0.5) is 4.79 Å². The molecule has 15 heavy (non-hydrogen) atoms. The second-order valence-electron chi connectivity index (χ2n) is 4.69. The summed E-state index contributed by atoms with van der Waals surface area (Å²) >= 11 is 1.77. The highest BCUT2D eigenvalue weighted by molar-refractivity contribution is 7.10. The number of rotatable bonds is 1. The summed E-state index contributed by atoms with van der Waals surface area (Å²) in [5.41, 5.74) is 6.65. The van der Waals surface area contributed by atoms with Gasteiger partial charge in [-0.2, -0.15) is 0 Å². The van der Waals surface area contributed by atoms with Crippen LogP contribution >= 0.6 is 11.3 Å². The monoisotopic (exact) mass is 224 g/mol. The standard InChI is InChI=1S/C11H16N2OS/c1-11(2)5-3-8(13-10(12)14)7-4-6-15-9(7)11/h4,6,8H,3,5H2,1-2H3,(H3,12,13,14). The summed E-state index contributed by atoms with van der Waals surface area (Å²) in [6.07, 6.45) is 2.06. The molecule has 3 N–H and O–H groups in total. The maximum atomic E-state index is 10.9. The van der Waals surface area contributed by atoms with Crippen LogP contribution in [0, 0.1) is 0 Å². The number of hydrogen-bond donors (Lipinski definition) is 2. The molecule has 2 rings (SSSR count). The van der Waals surface area contributed by atoms with Crippen molar-refractivity contribution < 1.29 is 4.79 Å². The van der Waals surface area contributed by atoms with Gasteiger partial charge in [-0.1, -0.05) is 13.8 Å². The number of thiophene rings is 1. The fourth-order valence-corrected chi connectivity index (χ4v) is 3.36. The van der Waals surface area contributed by atoms with E-state index in [9.17, 15) is 4.79 Å². The molecule has 0 radical (unpaired) electrons.